The maximum Gasteiger partial charge on any atom is 0.148 e. The van der Waals surface area contributed by atoms with Gasteiger partial charge in [0.25, 0.3) is 0 Å². The van der Waals surface area contributed by atoms with Crippen molar-refractivity contribution in [1.82, 2.24) is 4.98 Å². The molecule has 0 saturated carbocycles. The van der Waals surface area contributed by atoms with E-state index >= 15 is 0 Å². The highest BCUT2D eigenvalue weighted by atomic mass is 79.9. The molecule has 0 amide bonds. The van der Waals surface area contributed by atoms with Crippen molar-refractivity contribution >= 4 is 32.5 Å². The Morgan fingerprint density at radius 1 is 1.40 bits per heavy atom. The van der Waals surface area contributed by atoms with Crippen molar-refractivity contribution in [3.05, 3.63) is 33.2 Å². The van der Waals surface area contributed by atoms with Crippen molar-refractivity contribution in [3.8, 4) is 0 Å². The van der Waals surface area contributed by atoms with E-state index < -0.39 is 0 Å². The summed E-state index contributed by atoms with van der Waals surface area (Å²) in [6.07, 6.45) is 4.13. The van der Waals surface area contributed by atoms with Gasteiger partial charge in [-0.1, -0.05) is 6.92 Å². The largest absolute Gasteiger partial charge is 0.384 e. The molecule has 1 aliphatic carbocycles. The molecule has 0 aliphatic heterocycles. The summed E-state index contributed by atoms with van der Waals surface area (Å²) in [5.74, 6) is -0.202. The van der Waals surface area contributed by atoms with Crippen LogP contribution in [0.1, 0.15) is 36.6 Å². The highest BCUT2D eigenvalue weighted by Gasteiger charge is 2.23. The second kappa shape index (κ2) is 5.32. The summed E-state index contributed by atoms with van der Waals surface area (Å²) >= 11 is 3.32. The van der Waals surface area contributed by atoms with Gasteiger partial charge in [-0.15, -0.1) is 0 Å². The molecule has 0 bridgehead atoms. The summed E-state index contributed by atoms with van der Waals surface area (Å²) in [6.45, 7) is 4.97. The lowest BCUT2D eigenvalue weighted by Gasteiger charge is -2.16. The van der Waals surface area contributed by atoms with Crippen molar-refractivity contribution in [1.29, 1.82) is 0 Å². The smallest absolute Gasteiger partial charge is 0.148 e. The van der Waals surface area contributed by atoms with Crippen molar-refractivity contribution in [3.63, 3.8) is 0 Å². The van der Waals surface area contributed by atoms with Crippen LogP contribution in [0.3, 0.4) is 0 Å². The Balaban J connectivity index is 2.35. The molecule has 20 heavy (non-hydrogen) atoms. The van der Waals surface area contributed by atoms with Crippen LogP contribution in [0.4, 0.5) is 10.1 Å². The number of fused-ring (bicyclic) bond motifs is 2. The number of aryl methyl sites for hydroxylation is 2. The van der Waals surface area contributed by atoms with Crippen LogP contribution in [0.15, 0.2) is 10.5 Å². The Morgan fingerprint density at radius 3 is 2.95 bits per heavy atom. The average molecular weight is 337 g/mol. The van der Waals surface area contributed by atoms with E-state index in [1.807, 2.05) is 13.0 Å². The van der Waals surface area contributed by atoms with Crippen LogP contribution in [0.5, 0.6) is 0 Å². The lowest BCUT2D eigenvalue weighted by molar-refractivity contribution is 0.632. The first-order valence-corrected chi connectivity index (χ1v) is 7.96. The second-order valence-corrected chi connectivity index (χ2v) is 6.26. The summed E-state index contributed by atoms with van der Waals surface area (Å²) in [4.78, 5) is 4.73. The first-order valence-electron chi connectivity index (χ1n) is 7.17. The predicted molar refractivity (Wildman–Crippen MR) is 84.9 cm³/mol. The Morgan fingerprint density at radius 2 is 2.20 bits per heavy atom. The number of pyridine rings is 1. The minimum absolute atomic E-state index is 0.202. The molecular weight excluding hydrogens is 319 g/mol. The van der Waals surface area contributed by atoms with Crippen LogP contribution in [-0.4, -0.2) is 11.5 Å². The van der Waals surface area contributed by atoms with Crippen LogP contribution in [-0.2, 0) is 12.8 Å². The van der Waals surface area contributed by atoms with E-state index in [4.69, 9.17) is 4.98 Å². The van der Waals surface area contributed by atoms with Crippen molar-refractivity contribution in [2.75, 3.05) is 11.9 Å². The fraction of sp³-hybridized carbons (Fsp3) is 0.438. The van der Waals surface area contributed by atoms with E-state index in [0.717, 1.165) is 54.7 Å². The van der Waals surface area contributed by atoms with Crippen LogP contribution < -0.4 is 5.32 Å². The highest BCUT2D eigenvalue weighted by Crippen LogP contribution is 2.38. The number of nitrogens with zero attached hydrogens (tertiary/aromatic N) is 1. The van der Waals surface area contributed by atoms with Crippen molar-refractivity contribution in [2.45, 2.75) is 39.5 Å². The summed E-state index contributed by atoms with van der Waals surface area (Å²) < 4.78 is 15.1. The number of nitrogens with one attached hydrogen (secondary N) is 1. The van der Waals surface area contributed by atoms with Gasteiger partial charge >= 0.3 is 0 Å². The Bertz CT molecular complexity index is 682. The molecule has 1 heterocycles. The standard InChI is InChI=1S/C16H18BrFN2/c1-3-7-19-16-10-5-4-6-12(10)20-15-9(2)8-11(17)14(18)13(15)16/h8H,3-7H2,1-2H3,(H,19,20). The number of aromatic nitrogens is 1. The van der Waals surface area contributed by atoms with E-state index in [2.05, 4.69) is 28.2 Å². The third-order valence-corrected chi connectivity index (χ3v) is 4.50. The molecule has 1 aromatic heterocycles. The number of halogens is 2. The molecule has 0 radical (unpaired) electrons. The van der Waals surface area contributed by atoms with Gasteiger partial charge in [-0.25, -0.2) is 4.39 Å². The van der Waals surface area contributed by atoms with Gasteiger partial charge in [0.05, 0.1) is 21.1 Å². The van der Waals surface area contributed by atoms with Gasteiger partial charge in [0.1, 0.15) is 5.82 Å². The number of hydrogen-bond acceptors (Lipinski definition) is 2. The van der Waals surface area contributed by atoms with E-state index in [1.165, 1.54) is 5.56 Å². The van der Waals surface area contributed by atoms with Crippen molar-refractivity contribution in [2.24, 2.45) is 0 Å². The van der Waals surface area contributed by atoms with E-state index in [1.54, 1.807) is 0 Å². The van der Waals surface area contributed by atoms with Crippen LogP contribution in [0.2, 0.25) is 0 Å². The lowest BCUT2D eigenvalue weighted by atomic mass is 10.0. The van der Waals surface area contributed by atoms with Crippen LogP contribution in [0, 0.1) is 12.7 Å². The second-order valence-electron chi connectivity index (χ2n) is 5.41. The molecule has 106 valence electrons. The van der Waals surface area contributed by atoms with Crippen LogP contribution in [0.25, 0.3) is 10.9 Å². The predicted octanol–water partition coefficient (Wildman–Crippen LogP) is 4.76. The first-order chi connectivity index (χ1) is 9.63. The number of anilines is 1. The number of hydrogen-bond donors (Lipinski definition) is 1. The van der Waals surface area contributed by atoms with Gasteiger partial charge in [-0.2, -0.15) is 0 Å². The Hall–Kier alpha value is -1.16. The van der Waals surface area contributed by atoms with Gasteiger partial charge in [0, 0.05) is 12.2 Å². The van der Waals surface area contributed by atoms with Gasteiger partial charge < -0.3 is 5.32 Å². The summed E-state index contributed by atoms with van der Waals surface area (Å²) in [7, 11) is 0. The molecule has 1 aliphatic rings. The zero-order chi connectivity index (χ0) is 14.3. The average Bonchev–Trinajstić information content (AvgIpc) is 2.89. The first kappa shape index (κ1) is 13.8. The monoisotopic (exact) mass is 336 g/mol. The molecule has 4 heteroatoms. The van der Waals surface area contributed by atoms with E-state index in [0.29, 0.717) is 9.86 Å². The molecular formula is C16H18BrFN2. The fourth-order valence-electron chi connectivity index (χ4n) is 2.97. The van der Waals surface area contributed by atoms with Crippen LogP contribution >= 0.6 is 15.9 Å². The van der Waals surface area contributed by atoms with Gasteiger partial charge in [-0.05, 0) is 65.7 Å². The molecule has 0 spiro atoms. The molecule has 2 aromatic rings. The normalized spacial score (nSPS) is 13.8. The molecule has 1 aromatic carbocycles. The zero-order valence-corrected chi connectivity index (χ0v) is 13.4. The highest BCUT2D eigenvalue weighted by molar-refractivity contribution is 9.10. The van der Waals surface area contributed by atoms with Gasteiger partial charge in [-0.3, -0.25) is 4.98 Å². The molecule has 0 fully saturated rings. The van der Waals surface area contributed by atoms with Gasteiger partial charge in [0.2, 0.25) is 0 Å². The third-order valence-electron chi connectivity index (χ3n) is 3.92. The summed E-state index contributed by atoms with van der Waals surface area (Å²) in [5, 5.41) is 4.08. The van der Waals surface area contributed by atoms with Crippen molar-refractivity contribution < 1.29 is 4.39 Å². The molecule has 1 N–H and O–H groups in total. The Kier molecular flexibility index (Phi) is 3.67. The van der Waals surface area contributed by atoms with E-state index in [-0.39, 0.29) is 5.82 Å². The molecule has 2 nitrogen and oxygen atoms in total. The topological polar surface area (TPSA) is 24.9 Å². The summed E-state index contributed by atoms with van der Waals surface area (Å²) in [6, 6.07) is 1.82. The minimum Gasteiger partial charge on any atom is -0.384 e. The third kappa shape index (κ3) is 2.10. The van der Waals surface area contributed by atoms with E-state index in [9.17, 15) is 4.39 Å². The number of rotatable bonds is 3. The minimum atomic E-state index is -0.202. The maximum atomic E-state index is 14.6. The maximum absolute atomic E-state index is 14.6. The lowest BCUT2D eigenvalue weighted by Crippen LogP contribution is -2.07. The molecule has 0 saturated heterocycles. The molecule has 3 rings (SSSR count). The van der Waals surface area contributed by atoms with Gasteiger partial charge in [0.15, 0.2) is 0 Å². The quantitative estimate of drug-likeness (QED) is 0.874. The fourth-order valence-corrected chi connectivity index (χ4v) is 3.51. The Labute approximate surface area is 126 Å². The zero-order valence-electron chi connectivity index (χ0n) is 11.8. The summed E-state index contributed by atoms with van der Waals surface area (Å²) in [5.41, 5.74) is 5.13. The SMILES string of the molecule is CCCNc1c2c(nc3c(C)cc(Br)c(F)c13)CCC2. The molecule has 0 atom stereocenters. The number of benzene rings is 1. The molecule has 0 unspecified atom stereocenters.